The molecule has 2 N–H and O–H groups in total. The Labute approximate surface area is 101 Å². The van der Waals surface area contributed by atoms with Crippen LogP contribution in [0.2, 0.25) is 0 Å². The van der Waals surface area contributed by atoms with Crippen LogP contribution in [0.5, 0.6) is 0 Å². The van der Waals surface area contributed by atoms with E-state index in [1.54, 1.807) is 24.9 Å². The van der Waals surface area contributed by atoms with Crippen LogP contribution in [0, 0.1) is 13.8 Å². The highest BCUT2D eigenvalue weighted by Gasteiger charge is 2.21. The van der Waals surface area contributed by atoms with Crippen LogP contribution < -0.4 is 4.90 Å². The second kappa shape index (κ2) is 5.14. The maximum absolute atomic E-state index is 11.2. The molecule has 1 aromatic heterocycles. The van der Waals surface area contributed by atoms with Crippen molar-refractivity contribution >= 4 is 11.8 Å². The van der Waals surface area contributed by atoms with E-state index in [1.165, 1.54) is 0 Å². The minimum absolute atomic E-state index is 0.0514. The van der Waals surface area contributed by atoms with Crippen LogP contribution in [0.15, 0.2) is 6.07 Å². The lowest BCUT2D eigenvalue weighted by Gasteiger charge is -2.26. The third kappa shape index (κ3) is 2.74. The van der Waals surface area contributed by atoms with Crippen molar-refractivity contribution in [2.45, 2.75) is 26.8 Å². The van der Waals surface area contributed by atoms with Gasteiger partial charge in [0.2, 0.25) is 0 Å². The Morgan fingerprint density at radius 1 is 1.53 bits per heavy atom. The molecule has 0 amide bonds. The fraction of sp³-hybridized carbons (Fsp3) is 0.500. The lowest BCUT2D eigenvalue weighted by Crippen LogP contribution is -2.34. The van der Waals surface area contributed by atoms with Gasteiger partial charge in [-0.15, -0.1) is 0 Å². The van der Waals surface area contributed by atoms with Gasteiger partial charge in [-0.2, -0.15) is 0 Å². The molecule has 1 atom stereocenters. The first kappa shape index (κ1) is 13.4. The van der Waals surface area contributed by atoms with Crippen molar-refractivity contribution in [3.63, 3.8) is 0 Å². The third-order valence-electron chi connectivity index (χ3n) is 2.80. The number of likely N-dealkylation sites (N-methyl/N-ethyl adjacent to an activating group) is 1. The van der Waals surface area contributed by atoms with Crippen LogP contribution in [-0.4, -0.2) is 40.9 Å². The van der Waals surface area contributed by atoms with Crippen LogP contribution in [-0.2, 0) is 0 Å². The molecule has 0 aliphatic rings. The molecule has 0 saturated carbocycles. The Morgan fingerprint density at radius 3 is 2.59 bits per heavy atom. The molecule has 0 radical (unpaired) electrons. The van der Waals surface area contributed by atoms with Crippen LogP contribution in [0.3, 0.4) is 0 Å². The van der Waals surface area contributed by atoms with Crippen LogP contribution in [0.25, 0.3) is 0 Å². The second-order valence-corrected chi connectivity index (χ2v) is 4.23. The number of aliphatic hydroxyl groups excluding tert-OH is 1. The van der Waals surface area contributed by atoms with Crippen molar-refractivity contribution in [2.75, 3.05) is 18.6 Å². The quantitative estimate of drug-likeness (QED) is 0.825. The summed E-state index contributed by atoms with van der Waals surface area (Å²) >= 11 is 0. The Balaban J connectivity index is 3.35. The minimum atomic E-state index is -0.998. The average molecular weight is 238 g/mol. The minimum Gasteiger partial charge on any atom is -0.478 e. The maximum atomic E-state index is 11.2. The van der Waals surface area contributed by atoms with Gasteiger partial charge >= 0.3 is 5.97 Å². The lowest BCUT2D eigenvalue weighted by molar-refractivity contribution is 0.0696. The maximum Gasteiger partial charge on any atom is 0.339 e. The number of carboxylic acids is 1. The summed E-state index contributed by atoms with van der Waals surface area (Å²) in [7, 11) is 1.73. The highest BCUT2D eigenvalue weighted by molar-refractivity contribution is 5.95. The molecular formula is C12H18N2O3. The molecular weight excluding hydrogens is 220 g/mol. The predicted octanol–water partition coefficient (Wildman–Crippen LogP) is 1.21. The molecule has 5 nitrogen and oxygen atoms in total. The zero-order valence-corrected chi connectivity index (χ0v) is 10.6. The molecule has 0 spiro atoms. The van der Waals surface area contributed by atoms with E-state index in [1.807, 2.05) is 13.8 Å². The number of nitrogens with zero attached hydrogens (tertiary/aromatic N) is 2. The normalized spacial score (nSPS) is 12.3. The number of hydrogen-bond acceptors (Lipinski definition) is 4. The summed E-state index contributed by atoms with van der Waals surface area (Å²) < 4.78 is 0. The summed E-state index contributed by atoms with van der Waals surface area (Å²) in [4.78, 5) is 17.2. The molecule has 1 heterocycles. The van der Waals surface area contributed by atoms with E-state index in [9.17, 15) is 9.90 Å². The van der Waals surface area contributed by atoms with Gasteiger partial charge in [-0.1, -0.05) is 0 Å². The first-order chi connectivity index (χ1) is 7.88. The number of carbonyl (C=O) groups is 1. The highest BCUT2D eigenvalue weighted by atomic mass is 16.4. The molecule has 0 fully saturated rings. The summed E-state index contributed by atoms with van der Waals surface area (Å²) in [6, 6.07) is 1.56. The summed E-state index contributed by atoms with van der Waals surface area (Å²) in [5, 5.41) is 18.3. The Hall–Kier alpha value is -1.62. The number of rotatable bonds is 4. The molecule has 1 aromatic rings. The zero-order valence-electron chi connectivity index (χ0n) is 10.6. The Bertz CT molecular complexity index is 432. The largest absolute Gasteiger partial charge is 0.478 e. The molecule has 0 aromatic carbocycles. The zero-order chi connectivity index (χ0) is 13.2. The molecule has 17 heavy (non-hydrogen) atoms. The summed E-state index contributed by atoms with van der Waals surface area (Å²) in [6.07, 6.45) is 0. The molecule has 1 rings (SSSR count). The van der Waals surface area contributed by atoms with E-state index in [-0.39, 0.29) is 18.2 Å². The van der Waals surface area contributed by atoms with Gasteiger partial charge in [-0.3, -0.25) is 0 Å². The fourth-order valence-corrected chi connectivity index (χ4v) is 1.67. The van der Waals surface area contributed by atoms with Crippen LogP contribution in [0.1, 0.15) is 28.5 Å². The summed E-state index contributed by atoms with van der Waals surface area (Å²) in [5.41, 5.74) is 1.63. The monoisotopic (exact) mass is 238 g/mol. The van der Waals surface area contributed by atoms with Crippen molar-refractivity contribution < 1.29 is 15.0 Å². The van der Waals surface area contributed by atoms with E-state index in [0.29, 0.717) is 11.4 Å². The first-order valence-corrected chi connectivity index (χ1v) is 5.43. The third-order valence-corrected chi connectivity index (χ3v) is 2.80. The SMILES string of the molecule is Cc1cc(C)c(C(=O)O)c(N(C)C(C)CO)n1. The number of aryl methyl sites for hydroxylation is 2. The fourth-order valence-electron chi connectivity index (χ4n) is 1.67. The van der Waals surface area contributed by atoms with Gasteiger partial charge in [0.15, 0.2) is 0 Å². The first-order valence-electron chi connectivity index (χ1n) is 5.43. The van der Waals surface area contributed by atoms with E-state index in [0.717, 1.165) is 5.69 Å². The van der Waals surface area contributed by atoms with Gasteiger partial charge < -0.3 is 15.1 Å². The number of aliphatic hydroxyl groups is 1. The molecule has 5 heteroatoms. The van der Waals surface area contributed by atoms with E-state index >= 15 is 0 Å². The average Bonchev–Trinajstić information content (AvgIpc) is 2.25. The molecule has 0 aliphatic heterocycles. The number of anilines is 1. The molecule has 1 unspecified atom stereocenters. The van der Waals surface area contributed by atoms with E-state index in [4.69, 9.17) is 5.11 Å². The van der Waals surface area contributed by atoms with Gasteiger partial charge in [0.1, 0.15) is 11.4 Å². The number of pyridine rings is 1. The van der Waals surface area contributed by atoms with Gasteiger partial charge in [0.25, 0.3) is 0 Å². The van der Waals surface area contributed by atoms with Gasteiger partial charge in [-0.25, -0.2) is 9.78 Å². The highest BCUT2D eigenvalue weighted by Crippen LogP contribution is 2.23. The molecule has 0 saturated heterocycles. The van der Waals surface area contributed by atoms with Crippen molar-refractivity contribution in [3.8, 4) is 0 Å². The smallest absolute Gasteiger partial charge is 0.339 e. The summed E-state index contributed by atoms with van der Waals surface area (Å²) in [5.74, 6) is -0.599. The van der Waals surface area contributed by atoms with Gasteiger partial charge in [0, 0.05) is 12.7 Å². The van der Waals surface area contributed by atoms with E-state index in [2.05, 4.69) is 4.98 Å². The van der Waals surface area contributed by atoms with Crippen molar-refractivity contribution in [1.82, 2.24) is 4.98 Å². The lowest BCUT2D eigenvalue weighted by atomic mass is 10.1. The number of aromatic carboxylic acids is 1. The van der Waals surface area contributed by atoms with Crippen molar-refractivity contribution in [3.05, 3.63) is 22.9 Å². The van der Waals surface area contributed by atoms with Crippen LogP contribution in [0.4, 0.5) is 5.82 Å². The van der Waals surface area contributed by atoms with Gasteiger partial charge in [-0.05, 0) is 32.4 Å². The number of aromatic nitrogens is 1. The topological polar surface area (TPSA) is 73.7 Å². The molecule has 0 bridgehead atoms. The van der Waals surface area contributed by atoms with Crippen molar-refractivity contribution in [1.29, 1.82) is 0 Å². The Kier molecular flexibility index (Phi) is 4.07. The standard InChI is InChI=1S/C12H18N2O3/c1-7-5-8(2)13-11(10(7)12(16)17)14(4)9(3)6-15/h5,9,15H,6H2,1-4H3,(H,16,17). The van der Waals surface area contributed by atoms with Crippen LogP contribution >= 0.6 is 0 Å². The van der Waals surface area contributed by atoms with Crippen molar-refractivity contribution in [2.24, 2.45) is 0 Å². The van der Waals surface area contributed by atoms with Gasteiger partial charge in [0.05, 0.1) is 12.6 Å². The summed E-state index contributed by atoms with van der Waals surface area (Å²) in [6.45, 7) is 5.33. The number of carboxylic acid groups (broad SMARTS) is 1. The predicted molar refractivity (Wildman–Crippen MR) is 65.6 cm³/mol. The molecule has 94 valence electrons. The van der Waals surface area contributed by atoms with E-state index < -0.39 is 5.97 Å². The second-order valence-electron chi connectivity index (χ2n) is 4.23. The molecule has 0 aliphatic carbocycles. The Morgan fingerprint density at radius 2 is 2.12 bits per heavy atom. The number of hydrogen-bond donors (Lipinski definition) is 2.